The van der Waals surface area contributed by atoms with Gasteiger partial charge in [-0.1, -0.05) is 18.2 Å². The van der Waals surface area contributed by atoms with Crippen LogP contribution in [0.3, 0.4) is 0 Å². The van der Waals surface area contributed by atoms with Crippen LogP contribution in [0.4, 0.5) is 0 Å². The second kappa shape index (κ2) is 8.51. The molecule has 27 heavy (non-hydrogen) atoms. The largest absolute Gasteiger partial charge is 0.482 e. The predicted molar refractivity (Wildman–Crippen MR) is 98.3 cm³/mol. The van der Waals surface area contributed by atoms with E-state index in [9.17, 15) is 13.2 Å². The molecule has 0 bridgehead atoms. The van der Waals surface area contributed by atoms with E-state index in [1.54, 1.807) is 6.07 Å². The standard InChI is InChI=1S/C19H21NO6S/c1-15-4-2-3-5-18(15)25-14-19(21)26-16-6-8-17(9-7-16)27(22,23)20-10-12-24-13-11-20/h2-9H,10-14H2,1H3. The molecule has 7 nitrogen and oxygen atoms in total. The lowest BCUT2D eigenvalue weighted by Crippen LogP contribution is -2.40. The highest BCUT2D eigenvalue weighted by Crippen LogP contribution is 2.21. The van der Waals surface area contributed by atoms with Gasteiger partial charge in [0.2, 0.25) is 10.0 Å². The van der Waals surface area contributed by atoms with Crippen molar-refractivity contribution in [2.75, 3.05) is 32.9 Å². The van der Waals surface area contributed by atoms with E-state index in [0.29, 0.717) is 32.1 Å². The van der Waals surface area contributed by atoms with Gasteiger partial charge in [-0.25, -0.2) is 13.2 Å². The summed E-state index contributed by atoms with van der Waals surface area (Å²) >= 11 is 0. The van der Waals surface area contributed by atoms with Crippen LogP contribution in [0.1, 0.15) is 5.56 Å². The minimum Gasteiger partial charge on any atom is -0.482 e. The van der Waals surface area contributed by atoms with Crippen molar-refractivity contribution in [1.29, 1.82) is 0 Å². The van der Waals surface area contributed by atoms with Crippen molar-refractivity contribution in [3.05, 3.63) is 54.1 Å². The van der Waals surface area contributed by atoms with Crippen molar-refractivity contribution < 1.29 is 27.4 Å². The number of hydrogen-bond acceptors (Lipinski definition) is 6. The van der Waals surface area contributed by atoms with Crippen molar-refractivity contribution in [3.63, 3.8) is 0 Å². The number of benzene rings is 2. The fraction of sp³-hybridized carbons (Fsp3) is 0.316. The lowest BCUT2D eigenvalue weighted by molar-refractivity contribution is -0.136. The average molecular weight is 391 g/mol. The van der Waals surface area contributed by atoms with Gasteiger partial charge in [-0.3, -0.25) is 0 Å². The van der Waals surface area contributed by atoms with Crippen LogP contribution in [0, 0.1) is 6.92 Å². The van der Waals surface area contributed by atoms with E-state index in [1.807, 2.05) is 25.1 Å². The van der Waals surface area contributed by atoms with Crippen LogP contribution in [0.2, 0.25) is 0 Å². The van der Waals surface area contributed by atoms with Crippen LogP contribution in [-0.2, 0) is 19.6 Å². The molecule has 0 saturated carbocycles. The molecule has 0 amide bonds. The van der Waals surface area contributed by atoms with E-state index >= 15 is 0 Å². The first-order valence-electron chi connectivity index (χ1n) is 8.54. The Morgan fingerprint density at radius 3 is 2.41 bits per heavy atom. The fourth-order valence-electron chi connectivity index (χ4n) is 2.63. The Balaban J connectivity index is 1.58. The molecular weight excluding hydrogens is 370 g/mol. The van der Waals surface area contributed by atoms with Crippen LogP contribution >= 0.6 is 0 Å². The monoisotopic (exact) mass is 391 g/mol. The molecule has 1 saturated heterocycles. The molecule has 144 valence electrons. The molecule has 0 aliphatic carbocycles. The van der Waals surface area contributed by atoms with Gasteiger partial charge in [0.1, 0.15) is 11.5 Å². The summed E-state index contributed by atoms with van der Waals surface area (Å²) in [6.07, 6.45) is 0. The maximum atomic E-state index is 12.6. The first kappa shape index (κ1) is 19.3. The molecule has 1 aliphatic rings. The SMILES string of the molecule is Cc1ccccc1OCC(=O)Oc1ccc(S(=O)(=O)N2CCOCC2)cc1. The first-order chi connectivity index (χ1) is 13.0. The summed E-state index contributed by atoms with van der Waals surface area (Å²) < 4.78 is 42.3. The molecule has 2 aromatic carbocycles. The number of nitrogens with zero attached hydrogens (tertiary/aromatic N) is 1. The number of carbonyl (C=O) groups excluding carboxylic acids is 1. The van der Waals surface area contributed by atoms with Gasteiger partial charge in [0.25, 0.3) is 0 Å². The van der Waals surface area contributed by atoms with Crippen molar-refractivity contribution in [3.8, 4) is 11.5 Å². The molecule has 0 unspecified atom stereocenters. The third-order valence-electron chi connectivity index (χ3n) is 4.10. The van der Waals surface area contributed by atoms with Gasteiger partial charge in [0, 0.05) is 13.1 Å². The van der Waals surface area contributed by atoms with Crippen molar-refractivity contribution in [2.24, 2.45) is 0 Å². The highest BCUT2D eigenvalue weighted by atomic mass is 32.2. The maximum Gasteiger partial charge on any atom is 0.349 e. The molecule has 8 heteroatoms. The van der Waals surface area contributed by atoms with Gasteiger partial charge in [-0.2, -0.15) is 4.31 Å². The lowest BCUT2D eigenvalue weighted by Gasteiger charge is -2.26. The number of rotatable bonds is 6. The summed E-state index contributed by atoms with van der Waals surface area (Å²) in [7, 11) is -3.57. The van der Waals surface area contributed by atoms with Gasteiger partial charge >= 0.3 is 5.97 Å². The van der Waals surface area contributed by atoms with Gasteiger partial charge < -0.3 is 14.2 Å². The number of esters is 1. The Labute approximate surface area is 158 Å². The number of aryl methyl sites for hydroxylation is 1. The van der Waals surface area contributed by atoms with Crippen LogP contribution in [0.25, 0.3) is 0 Å². The van der Waals surface area contributed by atoms with E-state index in [2.05, 4.69) is 0 Å². The highest BCUT2D eigenvalue weighted by molar-refractivity contribution is 7.89. The van der Waals surface area contributed by atoms with E-state index < -0.39 is 16.0 Å². The van der Waals surface area contributed by atoms with E-state index in [-0.39, 0.29) is 17.3 Å². The van der Waals surface area contributed by atoms with Crippen LogP contribution < -0.4 is 9.47 Å². The Morgan fingerprint density at radius 1 is 1.07 bits per heavy atom. The summed E-state index contributed by atoms with van der Waals surface area (Å²) in [5, 5.41) is 0. The van der Waals surface area contributed by atoms with Gasteiger partial charge in [0.15, 0.2) is 6.61 Å². The number of morpholine rings is 1. The normalized spacial score (nSPS) is 15.3. The summed E-state index contributed by atoms with van der Waals surface area (Å²) in [6, 6.07) is 13.1. The summed E-state index contributed by atoms with van der Waals surface area (Å²) in [5.74, 6) is 0.303. The first-order valence-corrected chi connectivity index (χ1v) is 9.98. The number of hydrogen-bond donors (Lipinski definition) is 0. The molecule has 1 heterocycles. The Morgan fingerprint density at radius 2 is 1.74 bits per heavy atom. The Hall–Kier alpha value is -2.42. The zero-order chi connectivity index (χ0) is 19.3. The van der Waals surface area contributed by atoms with Crippen molar-refractivity contribution in [2.45, 2.75) is 11.8 Å². The quantitative estimate of drug-likeness (QED) is 0.553. The fourth-order valence-corrected chi connectivity index (χ4v) is 4.04. The van der Waals surface area contributed by atoms with Gasteiger partial charge in [-0.05, 0) is 42.8 Å². The molecule has 0 N–H and O–H groups in total. The molecule has 0 aromatic heterocycles. The number of ether oxygens (including phenoxy) is 3. The smallest absolute Gasteiger partial charge is 0.349 e. The van der Waals surface area contributed by atoms with Crippen molar-refractivity contribution >= 4 is 16.0 Å². The minimum atomic E-state index is -3.57. The highest BCUT2D eigenvalue weighted by Gasteiger charge is 2.26. The second-order valence-electron chi connectivity index (χ2n) is 6.02. The topological polar surface area (TPSA) is 82.1 Å². The van der Waals surface area contributed by atoms with E-state index in [1.165, 1.54) is 28.6 Å². The summed E-state index contributed by atoms with van der Waals surface area (Å²) in [6.45, 7) is 3.07. The minimum absolute atomic E-state index is 0.153. The maximum absolute atomic E-state index is 12.6. The van der Waals surface area contributed by atoms with Crippen LogP contribution in [0.5, 0.6) is 11.5 Å². The Kier molecular flexibility index (Phi) is 6.10. The number of sulfonamides is 1. The molecule has 0 spiro atoms. The number of para-hydroxylation sites is 1. The molecule has 1 fully saturated rings. The zero-order valence-corrected chi connectivity index (χ0v) is 15.8. The van der Waals surface area contributed by atoms with Gasteiger partial charge in [-0.15, -0.1) is 0 Å². The third-order valence-corrected chi connectivity index (χ3v) is 6.02. The third kappa shape index (κ3) is 4.85. The number of carbonyl (C=O) groups is 1. The molecule has 3 rings (SSSR count). The zero-order valence-electron chi connectivity index (χ0n) is 15.0. The second-order valence-corrected chi connectivity index (χ2v) is 7.95. The summed E-state index contributed by atoms with van der Waals surface area (Å²) in [4.78, 5) is 12.1. The molecule has 0 atom stereocenters. The van der Waals surface area contributed by atoms with Gasteiger partial charge in [0.05, 0.1) is 18.1 Å². The van der Waals surface area contributed by atoms with E-state index in [0.717, 1.165) is 5.56 Å². The average Bonchev–Trinajstić information content (AvgIpc) is 2.68. The molecule has 2 aromatic rings. The van der Waals surface area contributed by atoms with Crippen LogP contribution in [0.15, 0.2) is 53.4 Å². The predicted octanol–water partition coefficient (Wildman–Crippen LogP) is 2.00. The van der Waals surface area contributed by atoms with Crippen molar-refractivity contribution in [1.82, 2.24) is 4.31 Å². The van der Waals surface area contributed by atoms with Crippen LogP contribution in [-0.4, -0.2) is 51.6 Å². The molecule has 0 radical (unpaired) electrons. The molecule has 1 aliphatic heterocycles. The Bertz CT molecular complexity index is 889. The molecular formula is C19H21NO6S. The lowest BCUT2D eigenvalue weighted by atomic mass is 10.2. The summed E-state index contributed by atoms with van der Waals surface area (Å²) in [5.41, 5.74) is 0.919. The van der Waals surface area contributed by atoms with E-state index in [4.69, 9.17) is 14.2 Å².